The monoisotopic (exact) mass is 225 g/mol. The summed E-state index contributed by atoms with van der Waals surface area (Å²) in [7, 11) is 2.06. The van der Waals surface area contributed by atoms with Crippen molar-refractivity contribution in [1.29, 1.82) is 0 Å². The van der Waals surface area contributed by atoms with Crippen molar-refractivity contribution in [2.45, 2.75) is 44.8 Å². The Balaban J connectivity index is 2.69. The second kappa shape index (κ2) is 5.51. The molecule has 1 aliphatic rings. The minimum Gasteiger partial charge on any atom is -0.516 e. The van der Waals surface area contributed by atoms with Crippen molar-refractivity contribution in [1.82, 2.24) is 4.90 Å². The third-order valence-corrected chi connectivity index (χ3v) is 3.43. The first kappa shape index (κ1) is 13.3. The SMILES string of the molecule is C/C(=C\C=C\O)CC1N(C)CCC[C@]1(C)O. The van der Waals surface area contributed by atoms with Crippen LogP contribution >= 0.6 is 0 Å². The number of hydrogen-bond donors (Lipinski definition) is 2. The summed E-state index contributed by atoms with van der Waals surface area (Å²) in [6.07, 6.45) is 7.30. The molecule has 1 heterocycles. The van der Waals surface area contributed by atoms with Gasteiger partial charge in [-0.25, -0.2) is 0 Å². The summed E-state index contributed by atoms with van der Waals surface area (Å²) >= 11 is 0. The van der Waals surface area contributed by atoms with Gasteiger partial charge in [0, 0.05) is 6.04 Å². The lowest BCUT2D eigenvalue weighted by molar-refractivity contribution is -0.0580. The molecule has 0 radical (unpaired) electrons. The molecule has 2 atom stereocenters. The van der Waals surface area contributed by atoms with Crippen molar-refractivity contribution in [3.8, 4) is 0 Å². The molecule has 0 saturated carbocycles. The number of likely N-dealkylation sites (tertiary alicyclic amines) is 1. The van der Waals surface area contributed by atoms with Crippen molar-refractivity contribution in [3.05, 3.63) is 24.0 Å². The normalized spacial score (nSPS) is 33.5. The molecule has 0 aromatic carbocycles. The molecule has 1 saturated heterocycles. The van der Waals surface area contributed by atoms with Gasteiger partial charge >= 0.3 is 0 Å². The zero-order chi connectivity index (χ0) is 12.2. The zero-order valence-electron chi connectivity index (χ0n) is 10.5. The van der Waals surface area contributed by atoms with Gasteiger partial charge in [-0.15, -0.1) is 0 Å². The summed E-state index contributed by atoms with van der Waals surface area (Å²) in [6, 6.07) is 0.171. The Labute approximate surface area is 98.1 Å². The maximum atomic E-state index is 10.3. The molecule has 3 heteroatoms. The van der Waals surface area contributed by atoms with Crippen LogP contribution in [0.2, 0.25) is 0 Å². The Morgan fingerprint density at radius 3 is 2.81 bits per heavy atom. The van der Waals surface area contributed by atoms with Crippen LogP contribution in [0.15, 0.2) is 24.0 Å². The maximum absolute atomic E-state index is 10.3. The van der Waals surface area contributed by atoms with E-state index in [0.29, 0.717) is 0 Å². The van der Waals surface area contributed by atoms with E-state index in [-0.39, 0.29) is 6.04 Å². The molecule has 0 spiro atoms. The standard InChI is InChI=1S/C13H23NO2/c1-11(6-4-9-15)10-12-13(2,16)7-5-8-14(12)3/h4,6,9,12,15-16H,5,7-8,10H2,1-3H3/b9-4+,11-6+/t12?,13-/m0/s1. The van der Waals surface area contributed by atoms with Gasteiger partial charge < -0.3 is 15.1 Å². The van der Waals surface area contributed by atoms with Crippen LogP contribution in [-0.4, -0.2) is 40.3 Å². The number of piperidine rings is 1. The number of likely N-dealkylation sites (N-methyl/N-ethyl adjacent to an activating group) is 1. The van der Waals surface area contributed by atoms with Gasteiger partial charge in [0.1, 0.15) is 0 Å². The van der Waals surface area contributed by atoms with Crippen LogP contribution in [0.1, 0.15) is 33.1 Å². The van der Waals surface area contributed by atoms with Crippen LogP contribution in [0.3, 0.4) is 0 Å². The Morgan fingerprint density at radius 2 is 2.25 bits per heavy atom. The number of hydrogen-bond acceptors (Lipinski definition) is 3. The molecule has 1 fully saturated rings. The van der Waals surface area contributed by atoms with Crippen LogP contribution in [0.25, 0.3) is 0 Å². The van der Waals surface area contributed by atoms with E-state index in [0.717, 1.165) is 32.1 Å². The molecule has 0 amide bonds. The topological polar surface area (TPSA) is 43.7 Å². The van der Waals surface area contributed by atoms with Gasteiger partial charge in [0.05, 0.1) is 11.9 Å². The predicted octanol–water partition coefficient (Wildman–Crippen LogP) is 2.24. The first-order valence-electron chi connectivity index (χ1n) is 5.86. The highest BCUT2D eigenvalue weighted by atomic mass is 16.3. The van der Waals surface area contributed by atoms with E-state index in [9.17, 15) is 5.11 Å². The fraction of sp³-hybridized carbons (Fsp3) is 0.692. The smallest absolute Gasteiger partial charge is 0.0791 e. The molecule has 0 bridgehead atoms. The lowest BCUT2D eigenvalue weighted by atomic mass is 9.83. The highest BCUT2D eigenvalue weighted by Gasteiger charge is 2.37. The lowest BCUT2D eigenvalue weighted by Gasteiger charge is -2.44. The fourth-order valence-electron chi connectivity index (χ4n) is 2.44. The summed E-state index contributed by atoms with van der Waals surface area (Å²) in [4.78, 5) is 2.23. The first-order chi connectivity index (χ1) is 7.47. The lowest BCUT2D eigenvalue weighted by Crippen LogP contribution is -2.53. The Bertz CT molecular complexity index is 282. The quantitative estimate of drug-likeness (QED) is 0.572. The van der Waals surface area contributed by atoms with E-state index < -0.39 is 5.60 Å². The highest BCUT2D eigenvalue weighted by Crippen LogP contribution is 2.30. The van der Waals surface area contributed by atoms with Gasteiger partial charge in [-0.3, -0.25) is 0 Å². The number of aliphatic hydroxyl groups is 2. The van der Waals surface area contributed by atoms with E-state index in [4.69, 9.17) is 5.11 Å². The minimum absolute atomic E-state index is 0.171. The van der Waals surface area contributed by atoms with Crippen molar-refractivity contribution in [2.75, 3.05) is 13.6 Å². The molecule has 1 rings (SSSR count). The van der Waals surface area contributed by atoms with Crippen LogP contribution < -0.4 is 0 Å². The van der Waals surface area contributed by atoms with E-state index in [1.54, 1.807) is 6.08 Å². The van der Waals surface area contributed by atoms with Crippen molar-refractivity contribution < 1.29 is 10.2 Å². The number of rotatable bonds is 3. The third kappa shape index (κ3) is 3.35. The van der Waals surface area contributed by atoms with E-state index >= 15 is 0 Å². The summed E-state index contributed by atoms with van der Waals surface area (Å²) in [5, 5.41) is 18.9. The van der Waals surface area contributed by atoms with Crippen LogP contribution in [0.5, 0.6) is 0 Å². The fourth-order valence-corrected chi connectivity index (χ4v) is 2.44. The second-order valence-electron chi connectivity index (χ2n) is 5.02. The number of allylic oxidation sites excluding steroid dienone is 2. The molecular weight excluding hydrogens is 202 g/mol. The molecule has 0 aliphatic carbocycles. The molecule has 16 heavy (non-hydrogen) atoms. The summed E-state index contributed by atoms with van der Waals surface area (Å²) in [5.74, 6) is 0. The minimum atomic E-state index is -0.606. The van der Waals surface area contributed by atoms with Gasteiger partial charge in [-0.1, -0.05) is 11.6 Å². The van der Waals surface area contributed by atoms with E-state index in [1.165, 1.54) is 5.57 Å². The van der Waals surface area contributed by atoms with Crippen LogP contribution in [0, 0.1) is 0 Å². The molecular formula is C13H23NO2. The Hall–Kier alpha value is -0.800. The molecule has 0 aromatic rings. The molecule has 2 N–H and O–H groups in total. The maximum Gasteiger partial charge on any atom is 0.0791 e. The largest absolute Gasteiger partial charge is 0.516 e. The summed E-state index contributed by atoms with van der Waals surface area (Å²) < 4.78 is 0. The molecule has 92 valence electrons. The van der Waals surface area contributed by atoms with Crippen LogP contribution in [-0.2, 0) is 0 Å². The molecule has 1 aliphatic heterocycles. The molecule has 1 unspecified atom stereocenters. The van der Waals surface area contributed by atoms with Crippen molar-refractivity contribution in [3.63, 3.8) is 0 Å². The average Bonchev–Trinajstić information content (AvgIpc) is 2.20. The first-order valence-corrected chi connectivity index (χ1v) is 5.86. The molecule has 0 aromatic heterocycles. The average molecular weight is 225 g/mol. The van der Waals surface area contributed by atoms with Gasteiger partial charge in [0.15, 0.2) is 0 Å². The molecule has 3 nitrogen and oxygen atoms in total. The Kier molecular flexibility index (Phi) is 4.56. The van der Waals surface area contributed by atoms with Gasteiger partial charge in [-0.05, 0) is 52.8 Å². The highest BCUT2D eigenvalue weighted by molar-refractivity contribution is 5.12. The van der Waals surface area contributed by atoms with E-state index in [2.05, 4.69) is 11.9 Å². The van der Waals surface area contributed by atoms with Crippen LogP contribution in [0.4, 0.5) is 0 Å². The second-order valence-corrected chi connectivity index (χ2v) is 5.02. The Morgan fingerprint density at radius 1 is 1.56 bits per heavy atom. The van der Waals surface area contributed by atoms with Gasteiger partial charge in [-0.2, -0.15) is 0 Å². The number of aliphatic hydroxyl groups excluding tert-OH is 1. The zero-order valence-corrected chi connectivity index (χ0v) is 10.5. The van der Waals surface area contributed by atoms with Gasteiger partial charge in [0.25, 0.3) is 0 Å². The third-order valence-electron chi connectivity index (χ3n) is 3.43. The summed E-state index contributed by atoms with van der Waals surface area (Å²) in [6.45, 7) is 4.99. The summed E-state index contributed by atoms with van der Waals surface area (Å²) in [5.41, 5.74) is 0.565. The van der Waals surface area contributed by atoms with Gasteiger partial charge in [0.2, 0.25) is 0 Å². The van der Waals surface area contributed by atoms with Crippen molar-refractivity contribution >= 4 is 0 Å². The predicted molar refractivity (Wildman–Crippen MR) is 66.4 cm³/mol. The van der Waals surface area contributed by atoms with E-state index in [1.807, 2.05) is 19.9 Å². The van der Waals surface area contributed by atoms with Crippen molar-refractivity contribution in [2.24, 2.45) is 0 Å². The number of nitrogens with zero attached hydrogens (tertiary/aromatic N) is 1.